The first-order chi connectivity index (χ1) is 11.0. The number of rotatable bonds is 1. The molecule has 2 unspecified atom stereocenters. The first kappa shape index (κ1) is 18.7. The van der Waals surface area contributed by atoms with Gasteiger partial charge in [0.1, 0.15) is 0 Å². The van der Waals surface area contributed by atoms with Gasteiger partial charge >= 0.3 is 0 Å². The fraction of sp³-hybridized carbons (Fsp3) is 1.00. The van der Waals surface area contributed by atoms with Crippen LogP contribution in [0.1, 0.15) is 58.8 Å². The third kappa shape index (κ3) is 3.85. The van der Waals surface area contributed by atoms with Crippen molar-refractivity contribution in [2.45, 2.75) is 64.3 Å². The van der Waals surface area contributed by atoms with Gasteiger partial charge in [0.05, 0.1) is 53.9 Å². The van der Waals surface area contributed by atoms with Crippen molar-refractivity contribution in [2.75, 3.05) is 48.3 Å². The summed E-state index contributed by atoms with van der Waals surface area (Å²) in [5.41, 5.74) is 0.675. The molecule has 4 bridgehead atoms. The van der Waals surface area contributed by atoms with Crippen molar-refractivity contribution in [1.82, 2.24) is 0 Å². The van der Waals surface area contributed by atoms with Crippen LogP contribution in [-0.2, 0) is 0 Å². The van der Waals surface area contributed by atoms with Gasteiger partial charge in [0.25, 0.3) is 0 Å². The van der Waals surface area contributed by atoms with Crippen LogP contribution in [0.15, 0.2) is 0 Å². The van der Waals surface area contributed by atoms with E-state index in [2.05, 4.69) is 49.1 Å². The Hall–Kier alpha value is -0.0800. The van der Waals surface area contributed by atoms with E-state index >= 15 is 0 Å². The Kier molecular flexibility index (Phi) is 4.88. The Balaban J connectivity index is 0.000000150. The molecule has 5 aliphatic rings. The minimum atomic E-state index is 0.675. The van der Waals surface area contributed by atoms with E-state index in [4.69, 9.17) is 0 Å². The summed E-state index contributed by atoms with van der Waals surface area (Å²) >= 11 is 0. The fourth-order valence-corrected chi connectivity index (χ4v) is 7.48. The normalized spacial score (nSPS) is 46.4. The standard InChI is InChI=1S/C13H24N.C9H20N/c1-14(2,3)13-7-10-4-11(8-13)6-12(5-10)9-13;1-8-5-9(2)7-10(3,4)6-8/h10-12H,4-9H2,1-3H3;8-9H,5-7H2,1-4H3/q2*+1. The van der Waals surface area contributed by atoms with Gasteiger partial charge in [-0.15, -0.1) is 0 Å². The first-order valence-corrected chi connectivity index (χ1v) is 10.6. The average molecular weight is 337 g/mol. The van der Waals surface area contributed by atoms with Crippen LogP contribution in [0.3, 0.4) is 0 Å². The lowest BCUT2D eigenvalue weighted by atomic mass is 9.52. The highest BCUT2D eigenvalue weighted by Gasteiger charge is 2.57. The molecule has 0 spiro atoms. The SMILES string of the molecule is CC1CC(C)C[N+](C)(C)C1.C[N+](C)(C)C12CC3CC(CC(C3)C1)C2. The van der Waals surface area contributed by atoms with E-state index < -0.39 is 0 Å². The van der Waals surface area contributed by atoms with E-state index in [1.807, 2.05) is 0 Å². The van der Waals surface area contributed by atoms with E-state index in [9.17, 15) is 0 Å². The number of hydrogen-bond acceptors (Lipinski definition) is 0. The molecule has 0 radical (unpaired) electrons. The molecule has 0 aromatic rings. The summed E-state index contributed by atoms with van der Waals surface area (Å²) in [5, 5.41) is 0. The zero-order chi connectivity index (χ0) is 17.8. The molecule has 4 saturated carbocycles. The molecule has 5 fully saturated rings. The quantitative estimate of drug-likeness (QED) is 0.623. The number of hydrogen-bond donors (Lipinski definition) is 0. The van der Waals surface area contributed by atoms with Crippen molar-refractivity contribution in [3.05, 3.63) is 0 Å². The summed E-state index contributed by atoms with van der Waals surface area (Å²) in [5.74, 6) is 5.15. The first-order valence-electron chi connectivity index (χ1n) is 10.6. The van der Waals surface area contributed by atoms with Gasteiger partial charge in [-0.3, -0.25) is 0 Å². The molecule has 0 aromatic carbocycles. The predicted molar refractivity (Wildman–Crippen MR) is 104 cm³/mol. The van der Waals surface area contributed by atoms with E-state index in [1.165, 1.54) is 47.7 Å². The maximum Gasteiger partial charge on any atom is 0.0994 e. The van der Waals surface area contributed by atoms with Crippen LogP contribution in [0.25, 0.3) is 0 Å². The number of quaternary nitrogens is 2. The second kappa shape index (κ2) is 6.27. The Morgan fingerprint density at radius 1 is 0.708 bits per heavy atom. The summed E-state index contributed by atoms with van der Waals surface area (Å²) in [7, 11) is 12.0. The molecule has 1 heterocycles. The van der Waals surface area contributed by atoms with Crippen LogP contribution >= 0.6 is 0 Å². The molecule has 140 valence electrons. The van der Waals surface area contributed by atoms with Gasteiger partial charge in [0, 0.05) is 31.1 Å². The van der Waals surface area contributed by atoms with Crippen molar-refractivity contribution in [3.63, 3.8) is 0 Å². The molecule has 1 saturated heterocycles. The predicted octanol–water partition coefficient (Wildman–Crippen LogP) is 4.40. The van der Waals surface area contributed by atoms with Crippen LogP contribution < -0.4 is 0 Å². The lowest BCUT2D eigenvalue weighted by Crippen LogP contribution is -2.65. The van der Waals surface area contributed by atoms with E-state index in [1.54, 1.807) is 19.3 Å². The average Bonchev–Trinajstić information content (AvgIpc) is 2.32. The zero-order valence-electron chi connectivity index (χ0n) is 17.6. The smallest absolute Gasteiger partial charge is 0.0994 e. The molecular weight excluding hydrogens is 292 g/mol. The second-order valence-electron chi connectivity index (χ2n) is 11.9. The van der Waals surface area contributed by atoms with E-state index in [-0.39, 0.29) is 0 Å². The van der Waals surface area contributed by atoms with E-state index in [0.29, 0.717) is 5.54 Å². The Labute approximate surface area is 151 Å². The van der Waals surface area contributed by atoms with Gasteiger partial charge in [-0.05, 0) is 43.4 Å². The van der Waals surface area contributed by atoms with Crippen molar-refractivity contribution in [1.29, 1.82) is 0 Å². The van der Waals surface area contributed by atoms with Gasteiger partial charge < -0.3 is 8.97 Å². The third-order valence-electron chi connectivity index (χ3n) is 7.85. The zero-order valence-corrected chi connectivity index (χ0v) is 17.6. The van der Waals surface area contributed by atoms with Gasteiger partial charge in [0.15, 0.2) is 0 Å². The van der Waals surface area contributed by atoms with Gasteiger partial charge in [-0.2, -0.15) is 0 Å². The second-order valence-corrected chi connectivity index (χ2v) is 11.9. The highest BCUT2D eigenvalue weighted by Crippen LogP contribution is 2.58. The molecule has 2 atom stereocenters. The van der Waals surface area contributed by atoms with Crippen molar-refractivity contribution < 1.29 is 8.97 Å². The fourth-order valence-electron chi connectivity index (χ4n) is 7.48. The van der Waals surface area contributed by atoms with Crippen molar-refractivity contribution in [3.8, 4) is 0 Å². The minimum absolute atomic E-state index is 0.675. The summed E-state index contributed by atoms with van der Waals surface area (Å²) < 4.78 is 2.44. The molecule has 0 aromatic heterocycles. The molecule has 2 heteroatoms. The molecule has 5 rings (SSSR count). The lowest BCUT2D eigenvalue weighted by Gasteiger charge is -2.61. The summed E-state index contributed by atoms with van der Waals surface area (Å²) in [6.07, 6.45) is 10.7. The van der Waals surface area contributed by atoms with Gasteiger partial charge in [-0.1, -0.05) is 13.8 Å². The number of nitrogens with zero attached hydrogens (tertiary/aromatic N) is 2. The minimum Gasteiger partial charge on any atom is -0.328 e. The topological polar surface area (TPSA) is 0 Å². The van der Waals surface area contributed by atoms with Gasteiger partial charge in [0.2, 0.25) is 0 Å². The lowest BCUT2D eigenvalue weighted by molar-refractivity contribution is -0.930. The molecule has 0 N–H and O–H groups in total. The maximum atomic E-state index is 2.42. The summed E-state index contributed by atoms with van der Waals surface area (Å²) in [6, 6.07) is 0. The van der Waals surface area contributed by atoms with Crippen LogP contribution in [0.5, 0.6) is 0 Å². The van der Waals surface area contributed by atoms with Crippen LogP contribution in [0.2, 0.25) is 0 Å². The molecule has 0 amide bonds. The molecule has 4 aliphatic carbocycles. The highest BCUT2D eigenvalue weighted by atomic mass is 15.3. The molecule has 1 aliphatic heterocycles. The molecule has 2 nitrogen and oxygen atoms in total. The molecular formula is C22H44N2+2. The van der Waals surface area contributed by atoms with Crippen LogP contribution in [0, 0.1) is 29.6 Å². The van der Waals surface area contributed by atoms with Crippen molar-refractivity contribution >= 4 is 0 Å². The monoisotopic (exact) mass is 336 g/mol. The largest absolute Gasteiger partial charge is 0.328 e. The van der Waals surface area contributed by atoms with Gasteiger partial charge in [-0.25, -0.2) is 0 Å². The van der Waals surface area contributed by atoms with Crippen LogP contribution in [-0.4, -0.2) is 62.8 Å². The number of likely N-dealkylation sites (tertiary alicyclic amines) is 1. The van der Waals surface area contributed by atoms with E-state index in [0.717, 1.165) is 29.6 Å². The maximum absolute atomic E-state index is 2.42. The van der Waals surface area contributed by atoms with Crippen LogP contribution in [0.4, 0.5) is 0 Å². The summed E-state index contributed by atoms with van der Waals surface area (Å²) in [6.45, 7) is 7.47. The Bertz CT molecular complexity index is 398. The Morgan fingerprint density at radius 3 is 1.38 bits per heavy atom. The Morgan fingerprint density at radius 2 is 1.08 bits per heavy atom. The van der Waals surface area contributed by atoms with Crippen molar-refractivity contribution in [2.24, 2.45) is 29.6 Å². The highest BCUT2D eigenvalue weighted by molar-refractivity contribution is 5.02. The number of piperidine rings is 1. The third-order valence-corrected chi connectivity index (χ3v) is 7.85. The summed E-state index contributed by atoms with van der Waals surface area (Å²) in [4.78, 5) is 0. The molecule has 24 heavy (non-hydrogen) atoms.